The lowest BCUT2D eigenvalue weighted by atomic mass is 9.98. The summed E-state index contributed by atoms with van der Waals surface area (Å²) in [6, 6.07) is 9.33. The number of piperazine rings is 1. The number of aliphatic hydroxyl groups excluding tert-OH is 1. The third-order valence-electron chi connectivity index (χ3n) is 8.05. The van der Waals surface area contributed by atoms with Crippen molar-refractivity contribution in [3.63, 3.8) is 0 Å². The predicted octanol–water partition coefficient (Wildman–Crippen LogP) is 0.642. The number of urea groups is 1. The number of carbonyl (C=O) groups excluding carboxylic acids is 2. The number of aliphatic hydroxyl groups is 1. The van der Waals surface area contributed by atoms with Gasteiger partial charge in [0.2, 0.25) is 5.91 Å². The van der Waals surface area contributed by atoms with E-state index in [1.165, 1.54) is 22.0 Å². The molecular weight excluding hydrogens is 548 g/mol. The van der Waals surface area contributed by atoms with Gasteiger partial charge in [-0.05, 0) is 69.0 Å². The molecule has 0 radical (unpaired) electrons. The standard InChI is InChI=1S/C28H42N8O4.ClH/c1-20-7-11-33(13-9-23(20)29)12-8-21-3-5-22(6-4-21)36-14-10-24(32-27(36)40)31-26(39)35-17-15-34(16-18-35)25(38)28(2,30)19-37;/h3-6,10,14,20,23,37H,7-9,11-13,15-19,29-30H2,1-2H3,(H,31,32,39,40);1H/t20-,23-,28-;/m1./s1. The molecule has 2 fully saturated rings. The number of rotatable bonds is 7. The molecule has 1 aromatic carbocycles. The molecule has 0 spiro atoms. The number of anilines is 1. The molecule has 6 N–H and O–H groups in total. The van der Waals surface area contributed by atoms with Crippen molar-refractivity contribution >= 4 is 30.2 Å². The Balaban J connectivity index is 0.00000462. The summed E-state index contributed by atoms with van der Waals surface area (Å²) in [7, 11) is 0. The van der Waals surface area contributed by atoms with Gasteiger partial charge in [0.15, 0.2) is 0 Å². The predicted molar refractivity (Wildman–Crippen MR) is 160 cm³/mol. The van der Waals surface area contributed by atoms with E-state index in [1.54, 1.807) is 17.2 Å². The maximum atomic E-state index is 12.7. The largest absolute Gasteiger partial charge is 0.394 e. The van der Waals surface area contributed by atoms with Gasteiger partial charge in [-0.1, -0.05) is 19.1 Å². The van der Waals surface area contributed by atoms with Crippen LogP contribution >= 0.6 is 12.4 Å². The third-order valence-corrected chi connectivity index (χ3v) is 8.05. The molecule has 2 saturated heterocycles. The normalized spacial score (nSPS) is 21.4. The van der Waals surface area contributed by atoms with Gasteiger partial charge >= 0.3 is 11.7 Å². The van der Waals surface area contributed by atoms with Gasteiger partial charge in [0.25, 0.3) is 0 Å². The van der Waals surface area contributed by atoms with Crippen molar-refractivity contribution in [2.75, 3.05) is 57.7 Å². The molecule has 0 aliphatic carbocycles. The van der Waals surface area contributed by atoms with Gasteiger partial charge in [-0.2, -0.15) is 4.98 Å². The molecule has 41 heavy (non-hydrogen) atoms. The number of benzene rings is 1. The quantitative estimate of drug-likeness (QED) is 0.365. The number of nitrogens with zero attached hydrogens (tertiary/aromatic N) is 5. The number of hydrogen-bond acceptors (Lipinski definition) is 8. The zero-order valence-electron chi connectivity index (χ0n) is 23.9. The molecule has 2 aliphatic heterocycles. The van der Waals surface area contributed by atoms with Gasteiger partial charge in [-0.3, -0.25) is 14.7 Å². The number of nitrogens with one attached hydrogen (secondary N) is 1. The van der Waals surface area contributed by atoms with Crippen LogP contribution in [0.4, 0.5) is 10.6 Å². The second-order valence-electron chi connectivity index (χ2n) is 11.2. The van der Waals surface area contributed by atoms with E-state index in [1.807, 2.05) is 24.3 Å². The molecule has 2 aliphatic rings. The van der Waals surface area contributed by atoms with Gasteiger partial charge in [-0.25, -0.2) is 9.59 Å². The summed E-state index contributed by atoms with van der Waals surface area (Å²) < 4.78 is 1.44. The fourth-order valence-electron chi connectivity index (χ4n) is 5.06. The minimum Gasteiger partial charge on any atom is -0.394 e. The van der Waals surface area contributed by atoms with E-state index >= 15 is 0 Å². The summed E-state index contributed by atoms with van der Waals surface area (Å²) in [4.78, 5) is 47.5. The van der Waals surface area contributed by atoms with Crippen LogP contribution in [0.1, 0.15) is 32.3 Å². The first-order valence-electron chi connectivity index (χ1n) is 14.0. The summed E-state index contributed by atoms with van der Waals surface area (Å²) in [5.41, 5.74) is 12.1. The van der Waals surface area contributed by atoms with Crippen LogP contribution in [0.15, 0.2) is 41.3 Å². The molecule has 12 nitrogen and oxygen atoms in total. The lowest BCUT2D eigenvalue weighted by Crippen LogP contribution is -2.60. The number of nitrogens with two attached hydrogens (primary N) is 2. The number of hydrogen-bond donors (Lipinski definition) is 4. The lowest BCUT2D eigenvalue weighted by molar-refractivity contribution is -0.139. The zero-order chi connectivity index (χ0) is 28.9. The number of carbonyl (C=O) groups is 2. The monoisotopic (exact) mass is 590 g/mol. The highest BCUT2D eigenvalue weighted by atomic mass is 35.5. The van der Waals surface area contributed by atoms with E-state index in [9.17, 15) is 19.5 Å². The van der Waals surface area contributed by atoms with E-state index in [2.05, 4.69) is 22.1 Å². The van der Waals surface area contributed by atoms with Crippen LogP contribution in [0.25, 0.3) is 5.69 Å². The van der Waals surface area contributed by atoms with Crippen LogP contribution in [-0.2, 0) is 11.2 Å². The Bertz CT molecular complexity index is 1220. The first kappa shape index (κ1) is 32.5. The van der Waals surface area contributed by atoms with Crippen LogP contribution < -0.4 is 22.5 Å². The molecular formula is C28H43ClN8O4. The van der Waals surface area contributed by atoms with Crippen LogP contribution in [0.3, 0.4) is 0 Å². The second kappa shape index (κ2) is 14.2. The number of aromatic nitrogens is 2. The summed E-state index contributed by atoms with van der Waals surface area (Å²) in [6.07, 6.45) is 4.68. The fourth-order valence-corrected chi connectivity index (χ4v) is 5.06. The Morgan fingerprint density at radius 2 is 1.68 bits per heavy atom. The average molecular weight is 591 g/mol. The summed E-state index contributed by atoms with van der Waals surface area (Å²) >= 11 is 0. The highest BCUT2D eigenvalue weighted by molar-refractivity contribution is 5.89. The lowest BCUT2D eigenvalue weighted by Gasteiger charge is -2.37. The van der Waals surface area contributed by atoms with Crippen molar-refractivity contribution < 1.29 is 14.7 Å². The van der Waals surface area contributed by atoms with E-state index in [4.69, 9.17) is 11.5 Å². The Kier molecular flexibility index (Phi) is 11.3. The molecule has 226 valence electrons. The maximum Gasteiger partial charge on any atom is 0.354 e. The molecule has 2 aromatic rings. The molecule has 4 rings (SSSR count). The smallest absolute Gasteiger partial charge is 0.354 e. The molecule has 0 unspecified atom stereocenters. The highest BCUT2D eigenvalue weighted by Crippen LogP contribution is 2.17. The minimum absolute atomic E-state index is 0. The second-order valence-corrected chi connectivity index (χ2v) is 11.2. The third kappa shape index (κ3) is 8.26. The van der Waals surface area contributed by atoms with Crippen LogP contribution in [-0.4, -0.2) is 105 Å². The van der Waals surface area contributed by atoms with E-state index in [0.29, 0.717) is 37.8 Å². The minimum atomic E-state index is -1.35. The van der Waals surface area contributed by atoms with Crippen molar-refractivity contribution in [2.45, 2.75) is 44.7 Å². The van der Waals surface area contributed by atoms with E-state index in [-0.39, 0.29) is 30.2 Å². The van der Waals surface area contributed by atoms with E-state index in [0.717, 1.165) is 38.9 Å². The number of halogens is 1. The molecule has 0 bridgehead atoms. The number of amides is 3. The molecule has 3 atom stereocenters. The Hall–Kier alpha value is -3.03. The molecule has 0 saturated carbocycles. The van der Waals surface area contributed by atoms with Gasteiger partial charge in [-0.15, -0.1) is 12.4 Å². The summed E-state index contributed by atoms with van der Waals surface area (Å²) in [5.74, 6) is 0.360. The van der Waals surface area contributed by atoms with Crippen molar-refractivity contribution in [1.82, 2.24) is 24.3 Å². The van der Waals surface area contributed by atoms with Crippen molar-refractivity contribution in [2.24, 2.45) is 17.4 Å². The summed E-state index contributed by atoms with van der Waals surface area (Å²) in [5, 5.41) is 12.0. The topological polar surface area (TPSA) is 163 Å². The van der Waals surface area contributed by atoms with Gasteiger partial charge < -0.3 is 31.3 Å². The van der Waals surface area contributed by atoms with Crippen LogP contribution in [0, 0.1) is 5.92 Å². The molecule has 1 aromatic heterocycles. The van der Waals surface area contributed by atoms with Gasteiger partial charge in [0.05, 0.1) is 12.3 Å². The first-order valence-corrected chi connectivity index (χ1v) is 14.0. The fraction of sp³-hybridized carbons (Fsp3) is 0.571. The zero-order valence-corrected chi connectivity index (χ0v) is 24.7. The Labute approximate surface area is 247 Å². The average Bonchev–Trinajstić information content (AvgIpc) is 3.12. The van der Waals surface area contributed by atoms with Crippen molar-refractivity contribution in [3.8, 4) is 5.69 Å². The van der Waals surface area contributed by atoms with Gasteiger partial charge in [0, 0.05) is 45.0 Å². The van der Waals surface area contributed by atoms with E-state index < -0.39 is 23.9 Å². The highest BCUT2D eigenvalue weighted by Gasteiger charge is 2.34. The van der Waals surface area contributed by atoms with Crippen LogP contribution in [0.5, 0.6) is 0 Å². The molecule has 3 amide bonds. The SMILES string of the molecule is C[C@@H]1CCN(CCc2ccc(-n3ccc(NC(=O)N4CCN(C(=O)[C@](C)(N)CO)CC4)nc3=O)cc2)CC[C@H]1N.Cl. The van der Waals surface area contributed by atoms with Gasteiger partial charge in [0.1, 0.15) is 11.4 Å². The first-order chi connectivity index (χ1) is 19.1. The number of likely N-dealkylation sites (tertiary alicyclic amines) is 1. The molecule has 3 heterocycles. The Morgan fingerprint density at radius 3 is 2.32 bits per heavy atom. The van der Waals surface area contributed by atoms with Crippen molar-refractivity contribution in [1.29, 1.82) is 0 Å². The summed E-state index contributed by atoms with van der Waals surface area (Å²) in [6.45, 7) is 7.54. The van der Waals surface area contributed by atoms with Crippen molar-refractivity contribution in [3.05, 3.63) is 52.6 Å². The maximum absolute atomic E-state index is 12.7. The van der Waals surface area contributed by atoms with Crippen LogP contribution in [0.2, 0.25) is 0 Å². The Morgan fingerprint density at radius 1 is 1.05 bits per heavy atom. The molecule has 13 heteroatoms.